The van der Waals surface area contributed by atoms with Crippen LogP contribution in [-0.4, -0.2) is 26.3 Å². The van der Waals surface area contributed by atoms with Crippen molar-refractivity contribution in [3.63, 3.8) is 0 Å². The van der Waals surface area contributed by atoms with Crippen LogP contribution >= 0.6 is 0 Å². The molecule has 20 heavy (non-hydrogen) atoms. The van der Waals surface area contributed by atoms with Crippen LogP contribution in [0.4, 0.5) is 0 Å². The van der Waals surface area contributed by atoms with Gasteiger partial charge in [-0.05, 0) is 37.5 Å². The summed E-state index contributed by atoms with van der Waals surface area (Å²) < 4.78 is 11.7. The highest BCUT2D eigenvalue weighted by atomic mass is 16.5. The van der Waals surface area contributed by atoms with Crippen LogP contribution in [0.25, 0.3) is 0 Å². The second-order valence-corrected chi connectivity index (χ2v) is 6.14. The second-order valence-electron chi connectivity index (χ2n) is 6.14. The van der Waals surface area contributed by atoms with Crippen LogP contribution in [0.5, 0.6) is 5.75 Å². The highest BCUT2D eigenvalue weighted by Gasteiger charge is 2.36. The first kappa shape index (κ1) is 13.9. The van der Waals surface area contributed by atoms with Crippen molar-refractivity contribution in [2.75, 3.05) is 26.3 Å². The lowest BCUT2D eigenvalue weighted by Gasteiger charge is -2.26. The molecule has 1 saturated heterocycles. The van der Waals surface area contributed by atoms with Gasteiger partial charge in [0, 0.05) is 18.5 Å². The van der Waals surface area contributed by atoms with E-state index in [2.05, 4.69) is 17.4 Å². The Morgan fingerprint density at radius 3 is 2.70 bits per heavy atom. The van der Waals surface area contributed by atoms with Gasteiger partial charge in [-0.15, -0.1) is 0 Å². The van der Waals surface area contributed by atoms with Gasteiger partial charge in [-0.3, -0.25) is 0 Å². The fourth-order valence-electron chi connectivity index (χ4n) is 3.46. The fourth-order valence-corrected chi connectivity index (χ4v) is 3.46. The summed E-state index contributed by atoms with van der Waals surface area (Å²) in [6.07, 6.45) is 5.52. The van der Waals surface area contributed by atoms with E-state index in [0.29, 0.717) is 12.0 Å². The third kappa shape index (κ3) is 2.99. The predicted molar refractivity (Wildman–Crippen MR) is 80.1 cm³/mol. The van der Waals surface area contributed by atoms with Gasteiger partial charge in [-0.2, -0.15) is 0 Å². The SMILES string of the molecule is CCOc1ccc(C2CNCC3(CCCC3)CO2)cc1. The van der Waals surface area contributed by atoms with Gasteiger partial charge in [0.05, 0.1) is 19.3 Å². The van der Waals surface area contributed by atoms with Crippen LogP contribution in [0.2, 0.25) is 0 Å². The first-order chi connectivity index (χ1) is 9.81. The quantitative estimate of drug-likeness (QED) is 0.918. The van der Waals surface area contributed by atoms with E-state index in [-0.39, 0.29) is 6.10 Å². The molecule has 1 unspecified atom stereocenters. The maximum atomic E-state index is 6.22. The maximum Gasteiger partial charge on any atom is 0.119 e. The Hall–Kier alpha value is -1.06. The largest absolute Gasteiger partial charge is 0.494 e. The van der Waals surface area contributed by atoms with Gasteiger partial charge in [0.15, 0.2) is 0 Å². The van der Waals surface area contributed by atoms with Gasteiger partial charge in [0.1, 0.15) is 5.75 Å². The summed E-state index contributed by atoms with van der Waals surface area (Å²) in [7, 11) is 0. The van der Waals surface area contributed by atoms with E-state index in [1.807, 2.05) is 19.1 Å². The number of hydrogen-bond acceptors (Lipinski definition) is 3. The molecule has 1 aliphatic heterocycles. The molecule has 1 spiro atoms. The molecule has 0 aromatic heterocycles. The summed E-state index contributed by atoms with van der Waals surface area (Å²) >= 11 is 0. The van der Waals surface area contributed by atoms with Crippen LogP contribution in [0.15, 0.2) is 24.3 Å². The molecule has 1 atom stereocenters. The molecule has 0 amide bonds. The van der Waals surface area contributed by atoms with E-state index in [0.717, 1.165) is 25.4 Å². The van der Waals surface area contributed by atoms with Crippen molar-refractivity contribution < 1.29 is 9.47 Å². The average molecular weight is 275 g/mol. The number of ether oxygens (including phenoxy) is 2. The predicted octanol–water partition coefficient (Wildman–Crippen LogP) is 3.31. The summed E-state index contributed by atoms with van der Waals surface area (Å²) in [5, 5.41) is 3.61. The minimum atomic E-state index is 0.172. The van der Waals surface area contributed by atoms with Crippen molar-refractivity contribution in [1.29, 1.82) is 0 Å². The van der Waals surface area contributed by atoms with Crippen LogP contribution in [-0.2, 0) is 4.74 Å². The molecule has 0 bridgehead atoms. The molecule has 1 heterocycles. The molecule has 3 heteroatoms. The zero-order valence-corrected chi connectivity index (χ0v) is 12.4. The summed E-state index contributed by atoms with van der Waals surface area (Å²) in [4.78, 5) is 0. The lowest BCUT2D eigenvalue weighted by atomic mass is 9.87. The molecule has 1 aromatic rings. The van der Waals surface area contributed by atoms with Crippen molar-refractivity contribution in [3.8, 4) is 5.75 Å². The standard InChI is InChI=1S/C17H25NO2/c1-2-19-15-7-5-14(6-8-15)16-11-18-12-17(13-20-16)9-3-4-10-17/h5-8,16,18H,2-4,9-13H2,1H3. The van der Waals surface area contributed by atoms with E-state index >= 15 is 0 Å². The molecule has 2 aliphatic rings. The molecular formula is C17H25NO2. The van der Waals surface area contributed by atoms with Crippen LogP contribution in [0.1, 0.15) is 44.3 Å². The number of nitrogens with one attached hydrogen (secondary N) is 1. The molecule has 110 valence electrons. The number of hydrogen-bond donors (Lipinski definition) is 1. The van der Waals surface area contributed by atoms with E-state index in [9.17, 15) is 0 Å². The monoisotopic (exact) mass is 275 g/mol. The molecule has 3 nitrogen and oxygen atoms in total. The summed E-state index contributed by atoms with van der Waals surface area (Å²) in [6.45, 7) is 5.64. The lowest BCUT2D eigenvalue weighted by molar-refractivity contribution is 0.0158. The fraction of sp³-hybridized carbons (Fsp3) is 0.647. The topological polar surface area (TPSA) is 30.5 Å². The number of benzene rings is 1. The summed E-state index contributed by atoms with van der Waals surface area (Å²) in [5.41, 5.74) is 1.65. The van der Waals surface area contributed by atoms with Gasteiger partial charge < -0.3 is 14.8 Å². The summed E-state index contributed by atoms with van der Waals surface area (Å²) in [5.74, 6) is 0.935. The van der Waals surface area contributed by atoms with Crippen molar-refractivity contribution in [2.24, 2.45) is 5.41 Å². The zero-order valence-electron chi connectivity index (χ0n) is 12.4. The van der Waals surface area contributed by atoms with Gasteiger partial charge >= 0.3 is 0 Å². The zero-order chi connectivity index (χ0) is 13.8. The van der Waals surface area contributed by atoms with Gasteiger partial charge in [0.2, 0.25) is 0 Å². The van der Waals surface area contributed by atoms with Crippen molar-refractivity contribution in [3.05, 3.63) is 29.8 Å². The molecule has 1 saturated carbocycles. The van der Waals surface area contributed by atoms with Crippen LogP contribution < -0.4 is 10.1 Å². The van der Waals surface area contributed by atoms with E-state index in [1.165, 1.54) is 31.2 Å². The average Bonchev–Trinajstić information content (AvgIpc) is 2.82. The normalized spacial score (nSPS) is 25.6. The molecule has 2 fully saturated rings. The van der Waals surface area contributed by atoms with Crippen molar-refractivity contribution in [2.45, 2.75) is 38.7 Å². The number of rotatable bonds is 3. The van der Waals surface area contributed by atoms with Crippen LogP contribution in [0, 0.1) is 5.41 Å². The molecule has 1 aliphatic carbocycles. The van der Waals surface area contributed by atoms with E-state index in [4.69, 9.17) is 9.47 Å². The lowest BCUT2D eigenvalue weighted by Crippen LogP contribution is -2.32. The van der Waals surface area contributed by atoms with Gasteiger partial charge in [0.25, 0.3) is 0 Å². The third-order valence-electron chi connectivity index (χ3n) is 4.65. The molecular weight excluding hydrogens is 250 g/mol. The first-order valence-corrected chi connectivity index (χ1v) is 7.86. The minimum absolute atomic E-state index is 0.172. The second kappa shape index (κ2) is 6.15. The molecule has 1 aromatic carbocycles. The molecule has 1 N–H and O–H groups in total. The Bertz CT molecular complexity index is 423. The highest BCUT2D eigenvalue weighted by Crippen LogP contribution is 2.40. The summed E-state index contributed by atoms with van der Waals surface area (Å²) in [6, 6.07) is 8.34. The van der Waals surface area contributed by atoms with E-state index in [1.54, 1.807) is 0 Å². The van der Waals surface area contributed by atoms with Gasteiger partial charge in [-0.1, -0.05) is 25.0 Å². The Morgan fingerprint density at radius 1 is 1.25 bits per heavy atom. The van der Waals surface area contributed by atoms with Crippen LogP contribution in [0.3, 0.4) is 0 Å². The molecule has 3 rings (SSSR count). The Balaban J connectivity index is 1.65. The van der Waals surface area contributed by atoms with Crippen molar-refractivity contribution >= 4 is 0 Å². The highest BCUT2D eigenvalue weighted by molar-refractivity contribution is 5.29. The first-order valence-electron chi connectivity index (χ1n) is 7.86. The Kier molecular flexibility index (Phi) is 4.27. The van der Waals surface area contributed by atoms with Gasteiger partial charge in [-0.25, -0.2) is 0 Å². The Morgan fingerprint density at radius 2 is 2.00 bits per heavy atom. The van der Waals surface area contributed by atoms with E-state index < -0.39 is 0 Å². The van der Waals surface area contributed by atoms with Crippen molar-refractivity contribution in [1.82, 2.24) is 5.32 Å². The Labute approximate surface area is 121 Å². The minimum Gasteiger partial charge on any atom is -0.494 e. The molecule has 0 radical (unpaired) electrons. The third-order valence-corrected chi connectivity index (χ3v) is 4.65. The smallest absolute Gasteiger partial charge is 0.119 e. The maximum absolute atomic E-state index is 6.22.